The highest BCUT2D eigenvalue weighted by Crippen LogP contribution is 2.39. The molecule has 1 aromatic heterocycles. The summed E-state index contributed by atoms with van der Waals surface area (Å²) in [7, 11) is 0. The van der Waals surface area contributed by atoms with E-state index in [1.54, 1.807) is 10.0 Å². The molecule has 0 bridgehead atoms. The minimum atomic E-state index is -1.43. The highest BCUT2D eigenvalue weighted by molar-refractivity contribution is 5.93. The molecule has 1 aliphatic heterocycles. The standard InChI is InChI=1S/C19H21F2N5O4/c1-10(27)22-24-4-6-25(7-5-24)23-16-14(20)8-12-17(15(16)21)26(11-2-3-11)9-13(18(12)28)19(29)30/h8-9,11,23H,2-7H2,1H3,(H,22,27)(H,29,30). The fourth-order valence-corrected chi connectivity index (χ4v) is 3.65. The van der Waals surface area contributed by atoms with Crippen LogP contribution in [0.3, 0.4) is 0 Å². The Hall–Kier alpha value is -3.05. The zero-order chi connectivity index (χ0) is 21.6. The predicted molar refractivity (Wildman–Crippen MR) is 104 cm³/mol. The second-order valence-electron chi connectivity index (χ2n) is 7.51. The van der Waals surface area contributed by atoms with E-state index in [1.807, 2.05) is 0 Å². The summed E-state index contributed by atoms with van der Waals surface area (Å²) in [6.07, 6.45) is 2.59. The Labute approximate surface area is 169 Å². The third kappa shape index (κ3) is 3.73. The van der Waals surface area contributed by atoms with Crippen LogP contribution in [0.1, 0.15) is 36.2 Å². The van der Waals surface area contributed by atoms with Crippen LogP contribution in [0.5, 0.6) is 0 Å². The second-order valence-corrected chi connectivity index (χ2v) is 7.51. The third-order valence-corrected chi connectivity index (χ3v) is 5.24. The summed E-state index contributed by atoms with van der Waals surface area (Å²) in [5, 5.41) is 12.3. The van der Waals surface area contributed by atoms with Gasteiger partial charge in [-0.2, -0.15) is 0 Å². The Morgan fingerprint density at radius 2 is 1.77 bits per heavy atom. The van der Waals surface area contributed by atoms with Crippen molar-refractivity contribution >= 4 is 28.5 Å². The largest absolute Gasteiger partial charge is 0.477 e. The van der Waals surface area contributed by atoms with E-state index in [0.717, 1.165) is 25.1 Å². The van der Waals surface area contributed by atoms with Crippen LogP contribution < -0.4 is 16.3 Å². The van der Waals surface area contributed by atoms with Crippen LogP contribution in [-0.4, -0.2) is 57.7 Å². The van der Waals surface area contributed by atoms with Gasteiger partial charge in [0.25, 0.3) is 0 Å². The molecule has 3 N–H and O–H groups in total. The number of aromatic carboxylic acids is 1. The molecule has 1 amide bonds. The molecule has 2 heterocycles. The topological polar surface area (TPSA) is 107 Å². The summed E-state index contributed by atoms with van der Waals surface area (Å²) < 4.78 is 31.6. The molecular formula is C19H21F2N5O4. The molecule has 1 saturated carbocycles. The number of hydrogen-bond donors (Lipinski definition) is 3. The molecule has 1 saturated heterocycles. The average Bonchev–Trinajstić information content (AvgIpc) is 3.51. The number of nitrogens with zero attached hydrogens (tertiary/aromatic N) is 3. The van der Waals surface area contributed by atoms with Crippen molar-refractivity contribution in [3.8, 4) is 0 Å². The Kier molecular flexibility index (Phi) is 5.16. The van der Waals surface area contributed by atoms with Gasteiger partial charge in [0.1, 0.15) is 11.3 Å². The molecule has 4 rings (SSSR count). The van der Waals surface area contributed by atoms with Crippen molar-refractivity contribution in [1.82, 2.24) is 20.0 Å². The summed E-state index contributed by atoms with van der Waals surface area (Å²) in [4.78, 5) is 35.0. The molecule has 2 aromatic rings. The number of fused-ring (bicyclic) bond motifs is 1. The van der Waals surface area contributed by atoms with E-state index < -0.39 is 34.3 Å². The zero-order valence-corrected chi connectivity index (χ0v) is 16.2. The summed E-state index contributed by atoms with van der Waals surface area (Å²) in [6.45, 7) is 3.10. The number of hydrazine groups is 2. The van der Waals surface area contributed by atoms with Gasteiger partial charge in [-0.25, -0.2) is 23.6 Å². The lowest BCUT2D eigenvalue weighted by molar-refractivity contribution is -0.124. The van der Waals surface area contributed by atoms with Gasteiger partial charge in [-0.1, -0.05) is 0 Å². The van der Waals surface area contributed by atoms with E-state index >= 15 is 4.39 Å². The van der Waals surface area contributed by atoms with Crippen molar-refractivity contribution in [2.75, 3.05) is 31.6 Å². The number of rotatable bonds is 5. The number of carbonyl (C=O) groups is 2. The summed E-state index contributed by atoms with van der Waals surface area (Å²) in [6, 6.07) is 0.766. The number of halogens is 2. The Bertz CT molecular complexity index is 1090. The fraction of sp³-hybridized carbons (Fsp3) is 0.421. The molecule has 1 aliphatic carbocycles. The third-order valence-electron chi connectivity index (χ3n) is 5.24. The molecule has 30 heavy (non-hydrogen) atoms. The van der Waals surface area contributed by atoms with Gasteiger partial charge in [-0.15, -0.1) is 0 Å². The van der Waals surface area contributed by atoms with Crippen molar-refractivity contribution in [3.05, 3.63) is 39.7 Å². The monoisotopic (exact) mass is 421 g/mol. The van der Waals surface area contributed by atoms with Gasteiger partial charge in [-0.3, -0.25) is 15.0 Å². The lowest BCUT2D eigenvalue weighted by atomic mass is 10.1. The van der Waals surface area contributed by atoms with E-state index in [4.69, 9.17) is 0 Å². The molecule has 2 aliphatic rings. The first-order valence-corrected chi connectivity index (χ1v) is 9.60. The normalized spacial score (nSPS) is 17.8. The maximum absolute atomic E-state index is 15.4. The molecule has 9 nitrogen and oxygen atoms in total. The molecule has 0 atom stereocenters. The van der Waals surface area contributed by atoms with Gasteiger partial charge in [0.2, 0.25) is 11.3 Å². The Morgan fingerprint density at radius 1 is 1.13 bits per heavy atom. The molecule has 1 aromatic carbocycles. The first-order valence-electron chi connectivity index (χ1n) is 9.60. The first kappa shape index (κ1) is 20.2. The summed E-state index contributed by atoms with van der Waals surface area (Å²) >= 11 is 0. The van der Waals surface area contributed by atoms with Gasteiger partial charge in [0, 0.05) is 45.3 Å². The van der Waals surface area contributed by atoms with Crippen LogP contribution in [0.2, 0.25) is 0 Å². The minimum Gasteiger partial charge on any atom is -0.477 e. The smallest absolute Gasteiger partial charge is 0.341 e. The number of nitrogens with one attached hydrogen (secondary N) is 2. The second kappa shape index (κ2) is 7.65. The van der Waals surface area contributed by atoms with Crippen LogP contribution >= 0.6 is 0 Å². The number of pyridine rings is 1. The number of piperazine rings is 1. The van der Waals surface area contributed by atoms with E-state index in [1.165, 1.54) is 11.5 Å². The van der Waals surface area contributed by atoms with Crippen LogP contribution in [0.25, 0.3) is 10.9 Å². The first-order chi connectivity index (χ1) is 14.3. The number of hydrogen-bond acceptors (Lipinski definition) is 6. The molecule has 160 valence electrons. The highest BCUT2D eigenvalue weighted by atomic mass is 19.1. The number of carbonyl (C=O) groups excluding carboxylic acids is 1. The number of amides is 1. The number of benzene rings is 1. The number of aromatic nitrogens is 1. The predicted octanol–water partition coefficient (Wildman–Crippen LogP) is 1.31. The molecule has 11 heteroatoms. The van der Waals surface area contributed by atoms with Crippen molar-refractivity contribution in [3.63, 3.8) is 0 Å². The molecular weight excluding hydrogens is 400 g/mol. The number of anilines is 1. The SMILES string of the molecule is CC(=O)NN1CCN(Nc2c(F)cc3c(=O)c(C(=O)O)cn(C4CC4)c3c2F)CC1. The van der Waals surface area contributed by atoms with E-state index in [-0.39, 0.29) is 22.9 Å². The maximum atomic E-state index is 15.4. The van der Waals surface area contributed by atoms with Crippen molar-refractivity contribution < 1.29 is 23.5 Å². The molecule has 2 fully saturated rings. The van der Waals surface area contributed by atoms with Crippen LogP contribution in [-0.2, 0) is 4.79 Å². The lowest BCUT2D eigenvalue weighted by Crippen LogP contribution is -2.54. The van der Waals surface area contributed by atoms with Gasteiger partial charge >= 0.3 is 5.97 Å². The number of carboxylic acids is 1. The highest BCUT2D eigenvalue weighted by Gasteiger charge is 2.30. The average molecular weight is 421 g/mol. The van der Waals surface area contributed by atoms with Crippen molar-refractivity contribution in [1.29, 1.82) is 0 Å². The molecule has 0 spiro atoms. The number of carboxylic acid groups (broad SMARTS) is 1. The van der Waals surface area contributed by atoms with Crippen molar-refractivity contribution in [2.24, 2.45) is 0 Å². The van der Waals surface area contributed by atoms with Gasteiger partial charge in [-0.05, 0) is 18.9 Å². The fourth-order valence-electron chi connectivity index (χ4n) is 3.65. The van der Waals surface area contributed by atoms with Gasteiger partial charge in [0.15, 0.2) is 11.6 Å². The minimum absolute atomic E-state index is 0.103. The van der Waals surface area contributed by atoms with Gasteiger partial charge < -0.3 is 15.1 Å². The molecule has 0 radical (unpaired) electrons. The van der Waals surface area contributed by atoms with E-state index in [9.17, 15) is 23.9 Å². The van der Waals surface area contributed by atoms with Crippen LogP contribution in [0.15, 0.2) is 17.1 Å². The summed E-state index contributed by atoms with van der Waals surface area (Å²) in [5.74, 6) is -3.54. The Morgan fingerprint density at radius 3 is 2.33 bits per heavy atom. The van der Waals surface area contributed by atoms with Crippen molar-refractivity contribution in [2.45, 2.75) is 25.8 Å². The van der Waals surface area contributed by atoms with Crippen LogP contribution in [0, 0.1) is 11.6 Å². The Balaban J connectivity index is 1.69. The molecule has 0 unspecified atom stereocenters. The van der Waals surface area contributed by atoms with Crippen LogP contribution in [0.4, 0.5) is 14.5 Å². The lowest BCUT2D eigenvalue weighted by Gasteiger charge is -2.35. The zero-order valence-electron chi connectivity index (χ0n) is 16.2. The van der Waals surface area contributed by atoms with E-state index in [2.05, 4.69) is 10.9 Å². The van der Waals surface area contributed by atoms with E-state index in [0.29, 0.717) is 26.2 Å². The van der Waals surface area contributed by atoms with Gasteiger partial charge in [0.05, 0.1) is 10.9 Å². The maximum Gasteiger partial charge on any atom is 0.341 e. The summed E-state index contributed by atoms with van der Waals surface area (Å²) in [5.41, 5.74) is 3.48. The quantitative estimate of drug-likeness (QED) is 0.668.